The van der Waals surface area contributed by atoms with Gasteiger partial charge in [0, 0.05) is 5.56 Å². The van der Waals surface area contributed by atoms with Gasteiger partial charge in [0.1, 0.15) is 11.5 Å². The van der Waals surface area contributed by atoms with Crippen LogP contribution in [-0.4, -0.2) is 15.3 Å². The van der Waals surface area contributed by atoms with Gasteiger partial charge in [0.2, 0.25) is 0 Å². The van der Waals surface area contributed by atoms with Crippen LogP contribution in [0.1, 0.15) is 5.56 Å². The number of carbonyl (C=O) groups is 1. The van der Waals surface area contributed by atoms with E-state index in [0.29, 0.717) is 26.9 Å². The van der Waals surface area contributed by atoms with Gasteiger partial charge in [-0.1, -0.05) is 24.3 Å². The third kappa shape index (κ3) is 2.02. The summed E-state index contributed by atoms with van der Waals surface area (Å²) < 4.78 is 18.2. The molecule has 2 aromatic rings. The van der Waals surface area contributed by atoms with Gasteiger partial charge in [-0.3, -0.25) is 4.79 Å². The van der Waals surface area contributed by atoms with Gasteiger partial charge >= 0.3 is 5.97 Å². The van der Waals surface area contributed by atoms with Crippen LogP contribution in [0.3, 0.4) is 0 Å². The van der Waals surface area contributed by atoms with E-state index in [-0.39, 0.29) is 6.42 Å². The van der Waals surface area contributed by atoms with Gasteiger partial charge < -0.3 is 9.84 Å². The fraction of sp³-hybridized carbons (Fsp3) is 0.0714. The topological polar surface area (TPSA) is 63.6 Å². The Balaban J connectivity index is 2.15. The number of hydrogen-bond donors (Lipinski definition) is 1. The van der Waals surface area contributed by atoms with Crippen molar-refractivity contribution in [1.29, 1.82) is 0 Å². The highest BCUT2D eigenvalue weighted by atomic mass is 32.2. The summed E-state index contributed by atoms with van der Waals surface area (Å²) in [6.07, 6.45) is -0.150. The molecule has 0 fully saturated rings. The van der Waals surface area contributed by atoms with Crippen molar-refractivity contribution in [2.24, 2.45) is 0 Å². The van der Waals surface area contributed by atoms with Crippen molar-refractivity contribution in [2.75, 3.05) is 0 Å². The predicted octanol–water partition coefficient (Wildman–Crippen LogP) is 2.59. The highest BCUT2D eigenvalue weighted by molar-refractivity contribution is 7.85. The van der Waals surface area contributed by atoms with E-state index in [1.807, 2.05) is 0 Å². The lowest BCUT2D eigenvalue weighted by Crippen LogP contribution is -2.09. The summed E-state index contributed by atoms with van der Waals surface area (Å²) in [4.78, 5) is 12.0. The molecule has 2 aromatic carbocycles. The molecule has 1 aliphatic heterocycles. The number of fused-ring (bicyclic) bond motifs is 2. The first-order valence-corrected chi connectivity index (χ1v) is 6.84. The van der Waals surface area contributed by atoms with Crippen LogP contribution in [0.4, 0.5) is 0 Å². The quantitative estimate of drug-likeness (QED) is 0.780. The van der Waals surface area contributed by atoms with E-state index in [9.17, 15) is 9.00 Å². The number of rotatable bonds is 2. The summed E-state index contributed by atoms with van der Waals surface area (Å²) >= 11 is 0. The van der Waals surface area contributed by atoms with E-state index < -0.39 is 16.8 Å². The molecule has 0 unspecified atom stereocenters. The minimum absolute atomic E-state index is 0.150. The average molecular weight is 274 g/mol. The van der Waals surface area contributed by atoms with Gasteiger partial charge in [0.15, 0.2) is 0 Å². The van der Waals surface area contributed by atoms with Crippen molar-refractivity contribution in [3.05, 3.63) is 48.0 Å². The number of aliphatic carboxylic acids is 1. The molecule has 1 heterocycles. The number of hydrogen-bond acceptors (Lipinski definition) is 3. The lowest BCUT2D eigenvalue weighted by molar-refractivity contribution is -0.136. The lowest BCUT2D eigenvalue weighted by Gasteiger charge is -2.21. The van der Waals surface area contributed by atoms with Crippen molar-refractivity contribution in [1.82, 2.24) is 0 Å². The van der Waals surface area contributed by atoms with Gasteiger partial charge in [0.25, 0.3) is 0 Å². The Morgan fingerprint density at radius 1 is 1.11 bits per heavy atom. The van der Waals surface area contributed by atoms with Crippen LogP contribution in [0, 0.1) is 0 Å². The Labute approximate surface area is 112 Å². The van der Waals surface area contributed by atoms with Crippen LogP contribution in [0.15, 0.2) is 52.3 Å². The van der Waals surface area contributed by atoms with E-state index in [4.69, 9.17) is 9.84 Å². The molecule has 0 radical (unpaired) electrons. The summed E-state index contributed by atoms with van der Waals surface area (Å²) in [6, 6.07) is 12.1. The molecule has 0 amide bonds. The second kappa shape index (κ2) is 4.51. The molecule has 0 aromatic heterocycles. The third-order valence-corrected chi connectivity index (χ3v) is 4.32. The average Bonchev–Trinajstić information content (AvgIpc) is 2.40. The molecule has 1 aliphatic rings. The Kier molecular flexibility index (Phi) is 2.83. The number of benzene rings is 2. The first-order chi connectivity index (χ1) is 9.16. The Hall–Kier alpha value is -2.14. The second-order valence-electron chi connectivity index (χ2n) is 4.13. The largest absolute Gasteiger partial charge is 0.481 e. The fourth-order valence-corrected chi connectivity index (χ4v) is 3.32. The predicted molar refractivity (Wildman–Crippen MR) is 69.0 cm³/mol. The molecule has 4 nitrogen and oxygen atoms in total. The van der Waals surface area contributed by atoms with Crippen molar-refractivity contribution in [3.63, 3.8) is 0 Å². The second-order valence-corrected chi connectivity index (χ2v) is 5.55. The van der Waals surface area contributed by atoms with E-state index in [0.717, 1.165) is 0 Å². The molecule has 1 atom stereocenters. The van der Waals surface area contributed by atoms with Gasteiger partial charge in [0.05, 0.1) is 27.0 Å². The SMILES string of the molecule is O=C(O)Cc1cccc2c1Oc1ccccc1[S@]2=O. The molecule has 0 saturated heterocycles. The smallest absolute Gasteiger partial charge is 0.307 e. The third-order valence-electron chi connectivity index (χ3n) is 2.86. The number of carboxylic acid groups (broad SMARTS) is 1. The summed E-state index contributed by atoms with van der Waals surface area (Å²) in [5, 5.41) is 8.90. The molecule has 1 N–H and O–H groups in total. The van der Waals surface area contributed by atoms with Gasteiger partial charge in [-0.25, -0.2) is 4.21 Å². The number of carboxylic acids is 1. The Morgan fingerprint density at radius 3 is 2.63 bits per heavy atom. The minimum atomic E-state index is -1.33. The van der Waals surface area contributed by atoms with Crippen molar-refractivity contribution >= 4 is 16.8 Å². The summed E-state index contributed by atoms with van der Waals surface area (Å²) in [5.74, 6) is -0.0188. The highest BCUT2D eigenvalue weighted by Crippen LogP contribution is 2.41. The maximum absolute atomic E-state index is 12.4. The molecular formula is C14H10O4S. The van der Waals surface area contributed by atoms with Crippen molar-refractivity contribution in [2.45, 2.75) is 16.2 Å². The summed E-state index contributed by atoms with van der Waals surface area (Å²) in [5.41, 5.74) is 0.535. The molecule has 96 valence electrons. The molecule has 0 aliphatic carbocycles. The molecular weight excluding hydrogens is 264 g/mol. The van der Waals surface area contributed by atoms with Gasteiger partial charge in [-0.05, 0) is 18.2 Å². The maximum atomic E-state index is 12.4. The fourth-order valence-electron chi connectivity index (χ4n) is 2.04. The van der Waals surface area contributed by atoms with Gasteiger partial charge in [-0.2, -0.15) is 0 Å². The number of para-hydroxylation sites is 2. The standard InChI is InChI=1S/C14H10O4S/c15-13(16)8-9-4-3-7-12-14(9)18-10-5-1-2-6-11(10)19(12)17/h1-7H,8H2,(H,15,16)/t19-/m1/s1. The van der Waals surface area contributed by atoms with Crippen LogP contribution in [0.25, 0.3) is 0 Å². The lowest BCUT2D eigenvalue weighted by atomic mass is 10.1. The maximum Gasteiger partial charge on any atom is 0.307 e. The first-order valence-electron chi connectivity index (χ1n) is 5.69. The first kappa shape index (κ1) is 11.9. The van der Waals surface area contributed by atoms with E-state index in [1.165, 1.54) is 0 Å². The zero-order chi connectivity index (χ0) is 13.4. The van der Waals surface area contributed by atoms with Crippen LogP contribution >= 0.6 is 0 Å². The summed E-state index contributed by atoms with van der Waals surface area (Å²) in [6.45, 7) is 0. The molecule has 0 bridgehead atoms. The molecule has 0 spiro atoms. The van der Waals surface area contributed by atoms with Crippen molar-refractivity contribution in [3.8, 4) is 11.5 Å². The van der Waals surface area contributed by atoms with Gasteiger partial charge in [-0.15, -0.1) is 0 Å². The molecule has 0 saturated carbocycles. The summed E-state index contributed by atoms with van der Waals surface area (Å²) in [7, 11) is -1.33. The zero-order valence-corrected chi connectivity index (χ0v) is 10.6. The van der Waals surface area contributed by atoms with Crippen LogP contribution in [-0.2, 0) is 22.0 Å². The normalized spacial score (nSPS) is 16.1. The van der Waals surface area contributed by atoms with Crippen molar-refractivity contribution < 1.29 is 18.8 Å². The van der Waals surface area contributed by atoms with E-state index >= 15 is 0 Å². The van der Waals surface area contributed by atoms with Crippen LogP contribution < -0.4 is 4.74 Å². The minimum Gasteiger partial charge on any atom is -0.481 e. The zero-order valence-electron chi connectivity index (χ0n) is 9.83. The van der Waals surface area contributed by atoms with E-state index in [2.05, 4.69) is 0 Å². The Morgan fingerprint density at radius 2 is 1.84 bits per heavy atom. The van der Waals surface area contributed by atoms with Crippen LogP contribution in [0.5, 0.6) is 11.5 Å². The highest BCUT2D eigenvalue weighted by Gasteiger charge is 2.26. The van der Waals surface area contributed by atoms with Crippen LogP contribution in [0.2, 0.25) is 0 Å². The molecule has 5 heteroatoms. The monoisotopic (exact) mass is 274 g/mol. The molecule has 19 heavy (non-hydrogen) atoms. The van der Waals surface area contributed by atoms with E-state index in [1.54, 1.807) is 42.5 Å². The number of ether oxygens (including phenoxy) is 1. The molecule has 3 rings (SSSR count). The Bertz CT molecular complexity index is 694.